The Morgan fingerprint density at radius 2 is 2.11 bits per heavy atom. The van der Waals surface area contributed by atoms with Gasteiger partial charge in [0.15, 0.2) is 5.82 Å². The summed E-state index contributed by atoms with van der Waals surface area (Å²) < 4.78 is 14.5. The minimum Gasteiger partial charge on any atom is -0.396 e. The van der Waals surface area contributed by atoms with E-state index in [-0.39, 0.29) is 22.7 Å². The molecule has 0 aliphatic carbocycles. The van der Waals surface area contributed by atoms with E-state index >= 15 is 0 Å². The molecule has 1 aromatic rings. The first-order valence-electron chi connectivity index (χ1n) is 6.22. The molecule has 1 saturated heterocycles. The van der Waals surface area contributed by atoms with Crippen molar-refractivity contribution in [2.75, 3.05) is 24.6 Å². The van der Waals surface area contributed by atoms with Crippen molar-refractivity contribution >= 4 is 27.5 Å². The van der Waals surface area contributed by atoms with Gasteiger partial charge in [0.1, 0.15) is 5.84 Å². The van der Waals surface area contributed by atoms with Gasteiger partial charge in [0.05, 0.1) is 10.2 Å². The first-order chi connectivity index (χ1) is 9.04. The first-order valence-corrected chi connectivity index (χ1v) is 7.02. The van der Waals surface area contributed by atoms with Gasteiger partial charge in [0.25, 0.3) is 0 Å². The minimum absolute atomic E-state index is 0.156. The zero-order valence-electron chi connectivity index (χ0n) is 10.5. The third-order valence-electron chi connectivity index (χ3n) is 3.57. The summed E-state index contributed by atoms with van der Waals surface area (Å²) in [6.45, 7) is 1.66. The molecule has 1 fully saturated rings. The number of amidine groups is 1. The summed E-state index contributed by atoms with van der Waals surface area (Å²) >= 11 is 3.16. The molecule has 1 heterocycles. The van der Waals surface area contributed by atoms with Crippen molar-refractivity contribution in [3.05, 3.63) is 28.0 Å². The maximum absolute atomic E-state index is 14.3. The Bertz CT molecular complexity index is 487. The molecule has 0 aromatic heterocycles. The second kappa shape index (κ2) is 5.88. The lowest BCUT2D eigenvalue weighted by Gasteiger charge is -2.33. The number of hydrogen-bond acceptors (Lipinski definition) is 3. The third-order valence-corrected chi connectivity index (χ3v) is 4.34. The van der Waals surface area contributed by atoms with E-state index in [1.807, 2.05) is 4.90 Å². The van der Waals surface area contributed by atoms with Crippen molar-refractivity contribution in [2.45, 2.75) is 12.8 Å². The van der Waals surface area contributed by atoms with Crippen molar-refractivity contribution in [1.29, 1.82) is 5.41 Å². The molecular weight excluding hydrogens is 313 g/mol. The Kier molecular flexibility index (Phi) is 4.42. The second-order valence-electron chi connectivity index (χ2n) is 4.79. The second-order valence-corrected chi connectivity index (χ2v) is 5.58. The summed E-state index contributed by atoms with van der Waals surface area (Å²) in [4.78, 5) is 1.97. The van der Waals surface area contributed by atoms with Crippen LogP contribution in [0.15, 0.2) is 16.6 Å². The number of nitrogens with zero attached hydrogens (tertiary/aromatic N) is 1. The summed E-state index contributed by atoms with van der Waals surface area (Å²) in [5, 5.41) is 16.5. The molecular formula is C13H17BrFN3O. The van der Waals surface area contributed by atoms with Crippen LogP contribution >= 0.6 is 15.9 Å². The molecule has 0 saturated carbocycles. The number of nitrogen functional groups attached to an aromatic ring is 1. The average Bonchev–Trinajstić information content (AvgIpc) is 2.41. The molecule has 2 rings (SSSR count). The highest BCUT2D eigenvalue weighted by atomic mass is 79.9. The van der Waals surface area contributed by atoms with Gasteiger partial charge in [-0.15, -0.1) is 0 Å². The summed E-state index contributed by atoms with van der Waals surface area (Å²) in [7, 11) is 0. The molecule has 1 aliphatic rings. The predicted octanol–water partition coefficient (Wildman–Crippen LogP) is 2.08. The highest BCUT2D eigenvalue weighted by Gasteiger charge is 2.22. The number of benzene rings is 1. The van der Waals surface area contributed by atoms with E-state index in [1.54, 1.807) is 12.1 Å². The van der Waals surface area contributed by atoms with E-state index in [9.17, 15) is 4.39 Å². The number of nitrogens with one attached hydrogen (secondary N) is 1. The van der Waals surface area contributed by atoms with Gasteiger partial charge < -0.3 is 15.7 Å². The minimum atomic E-state index is -0.379. The number of aliphatic hydroxyl groups excluding tert-OH is 1. The van der Waals surface area contributed by atoms with Crippen LogP contribution in [0, 0.1) is 17.1 Å². The number of halogens is 2. The molecule has 0 atom stereocenters. The predicted molar refractivity (Wildman–Crippen MR) is 77.1 cm³/mol. The lowest BCUT2D eigenvalue weighted by Crippen LogP contribution is -2.35. The number of rotatable bonds is 3. The largest absolute Gasteiger partial charge is 0.396 e. The van der Waals surface area contributed by atoms with Crippen LogP contribution in [0.4, 0.5) is 10.1 Å². The van der Waals surface area contributed by atoms with Gasteiger partial charge in [0, 0.05) is 25.3 Å². The van der Waals surface area contributed by atoms with Gasteiger partial charge in [0.2, 0.25) is 0 Å². The Balaban J connectivity index is 2.22. The maximum Gasteiger partial charge on any atom is 0.161 e. The van der Waals surface area contributed by atoms with Crippen LogP contribution in [0.25, 0.3) is 0 Å². The van der Waals surface area contributed by atoms with E-state index in [1.165, 1.54) is 0 Å². The fourth-order valence-electron chi connectivity index (χ4n) is 2.35. The third kappa shape index (κ3) is 2.90. The highest BCUT2D eigenvalue weighted by molar-refractivity contribution is 9.10. The standard InChI is InChI=1S/C13H17BrFN3O/c14-11-9(13(16)17)1-2-10(12(11)15)18-5-3-8(7-19)4-6-18/h1-2,8,19H,3-7H2,(H3,16,17). The zero-order chi connectivity index (χ0) is 14.0. The summed E-state index contributed by atoms with van der Waals surface area (Å²) in [5.74, 6) is -0.217. The van der Waals surface area contributed by atoms with Crippen LogP contribution in [-0.4, -0.2) is 30.6 Å². The van der Waals surface area contributed by atoms with E-state index in [2.05, 4.69) is 15.9 Å². The molecule has 19 heavy (non-hydrogen) atoms. The van der Waals surface area contributed by atoms with Crippen LogP contribution in [-0.2, 0) is 0 Å². The van der Waals surface area contributed by atoms with Gasteiger partial charge in [-0.1, -0.05) is 0 Å². The van der Waals surface area contributed by atoms with Crippen molar-refractivity contribution in [3.8, 4) is 0 Å². The summed E-state index contributed by atoms with van der Waals surface area (Å²) in [6, 6.07) is 3.32. The van der Waals surface area contributed by atoms with E-state index < -0.39 is 0 Å². The van der Waals surface area contributed by atoms with Gasteiger partial charge in [-0.05, 0) is 46.8 Å². The Labute approximate surface area is 120 Å². The van der Waals surface area contributed by atoms with Crippen molar-refractivity contribution < 1.29 is 9.50 Å². The molecule has 0 radical (unpaired) electrons. The fraction of sp³-hybridized carbons (Fsp3) is 0.462. The zero-order valence-corrected chi connectivity index (χ0v) is 12.1. The van der Waals surface area contributed by atoms with Crippen molar-refractivity contribution in [3.63, 3.8) is 0 Å². The molecule has 0 bridgehead atoms. The van der Waals surface area contributed by atoms with E-state index in [0.717, 1.165) is 25.9 Å². The van der Waals surface area contributed by atoms with Gasteiger partial charge in [-0.3, -0.25) is 5.41 Å². The Hall–Kier alpha value is -1.14. The topological polar surface area (TPSA) is 73.3 Å². The normalized spacial score (nSPS) is 16.7. The smallest absolute Gasteiger partial charge is 0.161 e. The Morgan fingerprint density at radius 3 is 2.63 bits per heavy atom. The van der Waals surface area contributed by atoms with Crippen LogP contribution in [0.2, 0.25) is 0 Å². The molecule has 0 spiro atoms. The van der Waals surface area contributed by atoms with Gasteiger partial charge in [-0.2, -0.15) is 0 Å². The molecule has 0 unspecified atom stereocenters. The quantitative estimate of drug-likeness (QED) is 0.587. The molecule has 1 aliphatic heterocycles. The molecule has 6 heteroatoms. The summed E-state index contributed by atoms with van der Waals surface area (Å²) in [6.07, 6.45) is 1.73. The lowest BCUT2D eigenvalue weighted by atomic mass is 9.97. The van der Waals surface area contributed by atoms with Crippen molar-refractivity contribution in [2.24, 2.45) is 11.7 Å². The number of anilines is 1. The van der Waals surface area contributed by atoms with Gasteiger partial charge >= 0.3 is 0 Å². The fourth-order valence-corrected chi connectivity index (χ4v) is 2.90. The average molecular weight is 330 g/mol. The van der Waals surface area contributed by atoms with Crippen LogP contribution < -0.4 is 10.6 Å². The lowest BCUT2D eigenvalue weighted by molar-refractivity contribution is 0.203. The SMILES string of the molecule is N=C(N)c1ccc(N2CCC(CO)CC2)c(F)c1Br. The van der Waals surface area contributed by atoms with Gasteiger partial charge in [-0.25, -0.2) is 4.39 Å². The van der Waals surface area contributed by atoms with Crippen LogP contribution in [0.5, 0.6) is 0 Å². The number of hydrogen-bond donors (Lipinski definition) is 3. The number of piperidine rings is 1. The Morgan fingerprint density at radius 1 is 1.47 bits per heavy atom. The monoisotopic (exact) mass is 329 g/mol. The molecule has 4 nitrogen and oxygen atoms in total. The molecule has 104 valence electrons. The molecule has 1 aromatic carbocycles. The first kappa shape index (κ1) is 14.3. The van der Waals surface area contributed by atoms with Crippen LogP contribution in [0.1, 0.15) is 18.4 Å². The number of nitrogens with two attached hydrogens (primary N) is 1. The summed E-state index contributed by atoms with van der Waals surface area (Å²) in [5.41, 5.74) is 6.28. The molecule has 4 N–H and O–H groups in total. The van der Waals surface area contributed by atoms with E-state index in [4.69, 9.17) is 16.2 Å². The van der Waals surface area contributed by atoms with E-state index in [0.29, 0.717) is 17.2 Å². The maximum atomic E-state index is 14.3. The number of aliphatic hydroxyl groups is 1. The van der Waals surface area contributed by atoms with Crippen LogP contribution in [0.3, 0.4) is 0 Å². The highest BCUT2D eigenvalue weighted by Crippen LogP contribution is 2.31. The molecule has 0 amide bonds. The van der Waals surface area contributed by atoms with Crippen molar-refractivity contribution in [1.82, 2.24) is 0 Å².